The van der Waals surface area contributed by atoms with E-state index < -0.39 is 0 Å². The summed E-state index contributed by atoms with van der Waals surface area (Å²) in [7, 11) is 0. The molecule has 0 N–H and O–H groups in total. The minimum Gasteiger partial charge on any atom is -0.266 e. The molecule has 5 rings (SSSR count). The Hall–Kier alpha value is -3.77. The summed E-state index contributed by atoms with van der Waals surface area (Å²) in [5, 5.41) is 4.83. The van der Waals surface area contributed by atoms with Crippen molar-refractivity contribution in [3.05, 3.63) is 107 Å². The van der Waals surface area contributed by atoms with Gasteiger partial charge in [0, 0.05) is 16.1 Å². The predicted molar refractivity (Wildman–Crippen MR) is 132 cm³/mol. The van der Waals surface area contributed by atoms with Gasteiger partial charge < -0.3 is 0 Å². The molecule has 0 bridgehead atoms. The number of carbonyl (C=O) groups excluding carboxylic acids is 1. The molecule has 0 spiro atoms. The van der Waals surface area contributed by atoms with E-state index in [0.29, 0.717) is 17.4 Å². The number of anilines is 1. The number of para-hydroxylation sites is 1. The molecule has 4 aromatic rings. The Morgan fingerprint density at radius 3 is 2.22 bits per heavy atom. The van der Waals surface area contributed by atoms with Crippen LogP contribution >= 0.6 is 15.9 Å². The summed E-state index contributed by atoms with van der Waals surface area (Å²) >= 11 is 3.44. The van der Waals surface area contributed by atoms with Crippen molar-refractivity contribution >= 4 is 39.6 Å². The molecule has 1 amide bonds. The molecule has 3 aromatic carbocycles. The van der Waals surface area contributed by atoms with Crippen molar-refractivity contribution in [1.82, 2.24) is 9.78 Å². The molecular weight excluding hydrogens is 464 g/mol. The molecule has 0 saturated heterocycles. The summed E-state index contributed by atoms with van der Waals surface area (Å²) in [5.74, 6) is 1.08. The van der Waals surface area contributed by atoms with Gasteiger partial charge in [0.05, 0.1) is 11.4 Å². The summed E-state index contributed by atoms with van der Waals surface area (Å²) in [6, 6.07) is 29.4. The number of aromatic nitrogens is 2. The molecule has 0 fully saturated rings. The fraction of sp³-hybridized carbons (Fsp3) is 0.0385. The Balaban J connectivity index is 1.59. The highest BCUT2D eigenvalue weighted by atomic mass is 79.9. The van der Waals surface area contributed by atoms with E-state index in [9.17, 15) is 4.79 Å². The number of benzene rings is 3. The van der Waals surface area contributed by atoms with Gasteiger partial charge >= 0.3 is 0 Å². The van der Waals surface area contributed by atoms with E-state index in [0.717, 1.165) is 27.0 Å². The van der Waals surface area contributed by atoms with Gasteiger partial charge in [-0.2, -0.15) is 5.10 Å². The first-order valence-electron chi connectivity index (χ1n) is 10.2. The highest BCUT2D eigenvalue weighted by Gasteiger charge is 2.32. The van der Waals surface area contributed by atoms with Crippen LogP contribution in [0.2, 0.25) is 0 Å². The van der Waals surface area contributed by atoms with Crippen molar-refractivity contribution in [2.45, 2.75) is 6.92 Å². The topological polar surface area (TPSA) is 50.5 Å². The van der Waals surface area contributed by atoms with Crippen LogP contribution < -0.4 is 4.90 Å². The lowest BCUT2D eigenvalue weighted by Crippen LogP contribution is -2.32. The predicted octanol–water partition coefficient (Wildman–Crippen LogP) is 6.11. The number of amides is 1. The van der Waals surface area contributed by atoms with Crippen LogP contribution in [0.15, 0.2) is 106 Å². The van der Waals surface area contributed by atoms with Gasteiger partial charge in [0.25, 0.3) is 5.91 Å². The maximum Gasteiger partial charge on any atom is 0.283 e. The van der Waals surface area contributed by atoms with E-state index in [1.807, 2.05) is 97.9 Å². The molecule has 1 aliphatic heterocycles. The minimum atomic E-state index is -0.179. The number of hydrogen-bond acceptors (Lipinski definition) is 3. The summed E-state index contributed by atoms with van der Waals surface area (Å²) in [5.41, 5.74) is 3.95. The largest absolute Gasteiger partial charge is 0.283 e. The molecule has 0 saturated carbocycles. The monoisotopic (exact) mass is 482 g/mol. The van der Waals surface area contributed by atoms with Crippen LogP contribution in [0.3, 0.4) is 0 Å². The maximum atomic E-state index is 13.4. The molecule has 0 aliphatic carbocycles. The fourth-order valence-corrected chi connectivity index (χ4v) is 3.92. The lowest BCUT2D eigenvalue weighted by Gasteiger charge is -2.17. The standard InChI is InChI=1S/C26H19BrN4O/c1-18-28-24(16-19-12-14-21(27)15-13-19)26(32)30(18)25-17-23(20-8-4-2-5-9-20)29-31(25)22-10-6-3-7-11-22/h2-17H,1H3/b24-16+. The molecule has 6 heteroatoms. The van der Waals surface area contributed by atoms with Crippen LogP contribution in [0, 0.1) is 0 Å². The summed E-state index contributed by atoms with van der Waals surface area (Å²) < 4.78 is 2.78. The van der Waals surface area contributed by atoms with Crippen molar-refractivity contribution in [3.63, 3.8) is 0 Å². The highest BCUT2D eigenvalue weighted by molar-refractivity contribution is 9.10. The third kappa shape index (κ3) is 3.81. The van der Waals surface area contributed by atoms with Gasteiger partial charge in [0.2, 0.25) is 0 Å². The van der Waals surface area contributed by atoms with Crippen molar-refractivity contribution in [1.29, 1.82) is 0 Å². The second-order valence-electron chi connectivity index (χ2n) is 7.38. The Morgan fingerprint density at radius 2 is 1.53 bits per heavy atom. The van der Waals surface area contributed by atoms with E-state index in [1.54, 1.807) is 15.7 Å². The van der Waals surface area contributed by atoms with Gasteiger partial charge in [0.1, 0.15) is 17.4 Å². The van der Waals surface area contributed by atoms with Crippen LogP contribution in [-0.4, -0.2) is 21.5 Å². The van der Waals surface area contributed by atoms with E-state index in [1.165, 1.54) is 0 Å². The Kier molecular flexibility index (Phi) is 5.29. The number of halogens is 1. The van der Waals surface area contributed by atoms with E-state index in [4.69, 9.17) is 5.10 Å². The second kappa shape index (κ2) is 8.40. The third-order valence-electron chi connectivity index (χ3n) is 5.19. The second-order valence-corrected chi connectivity index (χ2v) is 8.30. The third-order valence-corrected chi connectivity index (χ3v) is 5.72. The fourth-order valence-electron chi connectivity index (χ4n) is 3.65. The molecule has 156 valence electrons. The zero-order valence-electron chi connectivity index (χ0n) is 17.3. The van der Waals surface area contributed by atoms with Gasteiger partial charge in [-0.1, -0.05) is 76.6 Å². The lowest BCUT2D eigenvalue weighted by atomic mass is 10.1. The zero-order valence-corrected chi connectivity index (χ0v) is 18.9. The number of amidine groups is 1. The van der Waals surface area contributed by atoms with Crippen molar-refractivity contribution < 1.29 is 4.79 Å². The highest BCUT2D eigenvalue weighted by Crippen LogP contribution is 2.31. The van der Waals surface area contributed by atoms with Crippen LogP contribution in [0.1, 0.15) is 12.5 Å². The summed E-state index contributed by atoms with van der Waals surface area (Å²) in [6.07, 6.45) is 1.81. The number of hydrogen-bond donors (Lipinski definition) is 0. The van der Waals surface area contributed by atoms with E-state index in [2.05, 4.69) is 20.9 Å². The van der Waals surface area contributed by atoms with E-state index in [-0.39, 0.29) is 5.91 Å². The minimum absolute atomic E-state index is 0.179. The smallest absolute Gasteiger partial charge is 0.266 e. The quantitative estimate of drug-likeness (QED) is 0.329. The number of rotatable bonds is 4. The normalized spacial score (nSPS) is 14.8. The van der Waals surface area contributed by atoms with Gasteiger partial charge in [-0.3, -0.25) is 4.79 Å². The Bertz CT molecular complexity index is 1340. The molecule has 0 atom stereocenters. The molecular formula is C26H19BrN4O. The first-order chi connectivity index (χ1) is 15.6. The summed E-state index contributed by atoms with van der Waals surface area (Å²) in [4.78, 5) is 19.6. The van der Waals surface area contributed by atoms with Crippen LogP contribution in [-0.2, 0) is 4.79 Å². The number of nitrogens with zero attached hydrogens (tertiary/aromatic N) is 4. The van der Waals surface area contributed by atoms with Crippen molar-refractivity contribution in [2.24, 2.45) is 4.99 Å². The molecule has 32 heavy (non-hydrogen) atoms. The van der Waals surface area contributed by atoms with Crippen molar-refractivity contribution in [2.75, 3.05) is 4.90 Å². The number of carbonyl (C=O) groups is 1. The Morgan fingerprint density at radius 1 is 0.875 bits per heavy atom. The molecule has 0 unspecified atom stereocenters. The average Bonchev–Trinajstić information content (AvgIpc) is 3.37. The first-order valence-corrected chi connectivity index (χ1v) is 11.0. The average molecular weight is 483 g/mol. The molecule has 0 radical (unpaired) electrons. The lowest BCUT2D eigenvalue weighted by molar-refractivity contribution is -0.113. The number of aliphatic imine (C=N–C) groups is 1. The molecule has 2 heterocycles. The molecule has 5 nitrogen and oxygen atoms in total. The Labute approximate surface area is 194 Å². The van der Waals surface area contributed by atoms with Gasteiger partial charge in [-0.15, -0.1) is 0 Å². The zero-order chi connectivity index (χ0) is 22.1. The molecule has 1 aromatic heterocycles. The summed E-state index contributed by atoms with van der Waals surface area (Å²) in [6.45, 7) is 1.84. The maximum absolute atomic E-state index is 13.4. The van der Waals surface area contributed by atoms with Crippen LogP contribution in [0.4, 0.5) is 5.82 Å². The van der Waals surface area contributed by atoms with Crippen LogP contribution in [0.25, 0.3) is 23.0 Å². The van der Waals surface area contributed by atoms with Crippen LogP contribution in [0.5, 0.6) is 0 Å². The van der Waals surface area contributed by atoms with Crippen molar-refractivity contribution in [3.8, 4) is 16.9 Å². The molecule has 1 aliphatic rings. The first kappa shape index (κ1) is 20.2. The SMILES string of the molecule is CC1=N/C(=C/c2ccc(Br)cc2)C(=O)N1c1cc(-c2ccccc2)nn1-c1ccccc1. The van der Waals surface area contributed by atoms with Gasteiger partial charge in [-0.05, 0) is 42.8 Å². The van der Waals surface area contributed by atoms with Gasteiger partial charge in [0.15, 0.2) is 0 Å². The van der Waals surface area contributed by atoms with Gasteiger partial charge in [-0.25, -0.2) is 14.6 Å². The van der Waals surface area contributed by atoms with E-state index >= 15 is 0 Å².